The molecule has 1 aliphatic heterocycles. The Kier molecular flexibility index (Phi) is 6.88. The Hall–Kier alpha value is -2.71. The molecular weight excluding hydrogens is 342 g/mol. The Morgan fingerprint density at radius 2 is 1.77 bits per heavy atom. The number of carbonyl (C=O) groups excluding carboxylic acids is 5. The van der Waals surface area contributed by atoms with E-state index < -0.39 is 24.5 Å². The van der Waals surface area contributed by atoms with Gasteiger partial charge in [-0.25, -0.2) is 4.79 Å². The van der Waals surface area contributed by atoms with Gasteiger partial charge in [-0.3, -0.25) is 29.4 Å². The van der Waals surface area contributed by atoms with Crippen LogP contribution in [0.2, 0.25) is 0 Å². The van der Waals surface area contributed by atoms with E-state index >= 15 is 0 Å². The van der Waals surface area contributed by atoms with Gasteiger partial charge in [0.1, 0.15) is 0 Å². The number of nitrogens with one attached hydrogen (secondary N) is 2. The molecule has 0 bridgehead atoms. The van der Waals surface area contributed by atoms with Crippen molar-refractivity contribution in [2.45, 2.75) is 32.6 Å². The first-order valence-corrected chi connectivity index (χ1v) is 8.67. The summed E-state index contributed by atoms with van der Waals surface area (Å²) in [6, 6.07) is -0.655. The van der Waals surface area contributed by atoms with Crippen molar-refractivity contribution in [1.82, 2.24) is 15.5 Å². The van der Waals surface area contributed by atoms with E-state index in [1.54, 1.807) is 0 Å². The second kappa shape index (κ2) is 9.12. The first kappa shape index (κ1) is 19.6. The van der Waals surface area contributed by atoms with Crippen LogP contribution in [0.4, 0.5) is 4.79 Å². The highest BCUT2D eigenvalue weighted by Crippen LogP contribution is 2.34. The van der Waals surface area contributed by atoms with Gasteiger partial charge in [0.15, 0.2) is 6.61 Å². The first-order chi connectivity index (χ1) is 12.4. The van der Waals surface area contributed by atoms with Crippen molar-refractivity contribution in [2.75, 3.05) is 19.7 Å². The minimum absolute atomic E-state index is 0.0674. The molecular formula is C17H23N3O6. The number of rotatable bonds is 7. The van der Waals surface area contributed by atoms with E-state index in [0.717, 1.165) is 11.3 Å². The number of likely N-dealkylation sites (tertiary alicyclic amines) is 1. The number of esters is 1. The third-order valence-electron chi connectivity index (χ3n) is 4.29. The van der Waals surface area contributed by atoms with Crippen LogP contribution < -0.4 is 10.6 Å². The van der Waals surface area contributed by atoms with E-state index in [2.05, 4.69) is 5.32 Å². The van der Waals surface area contributed by atoms with Gasteiger partial charge in [0.2, 0.25) is 11.8 Å². The maximum absolute atomic E-state index is 12.2. The number of amides is 5. The monoisotopic (exact) mass is 365 g/mol. The maximum Gasteiger partial charge on any atom is 0.321 e. The molecule has 1 heterocycles. The lowest BCUT2D eigenvalue weighted by Gasteiger charge is -2.14. The van der Waals surface area contributed by atoms with E-state index in [9.17, 15) is 24.0 Å². The van der Waals surface area contributed by atoms with Gasteiger partial charge >= 0.3 is 12.0 Å². The van der Waals surface area contributed by atoms with Crippen LogP contribution in [-0.4, -0.2) is 54.3 Å². The molecule has 0 saturated carbocycles. The van der Waals surface area contributed by atoms with Crippen molar-refractivity contribution in [2.24, 2.45) is 11.8 Å². The average Bonchev–Trinajstić information content (AvgIpc) is 2.87. The van der Waals surface area contributed by atoms with Crippen LogP contribution in [0.3, 0.4) is 0 Å². The van der Waals surface area contributed by atoms with Crippen LogP contribution in [0.5, 0.6) is 0 Å². The van der Waals surface area contributed by atoms with Gasteiger partial charge in [-0.2, -0.15) is 0 Å². The fourth-order valence-electron chi connectivity index (χ4n) is 2.96. The van der Waals surface area contributed by atoms with Crippen molar-refractivity contribution < 1.29 is 28.7 Å². The van der Waals surface area contributed by atoms with Crippen molar-refractivity contribution in [3.05, 3.63) is 12.2 Å². The normalized spacial score (nSPS) is 21.3. The predicted octanol–water partition coefficient (Wildman–Crippen LogP) is 0.107. The van der Waals surface area contributed by atoms with Gasteiger partial charge in [-0.1, -0.05) is 19.1 Å². The third kappa shape index (κ3) is 4.90. The maximum atomic E-state index is 12.2. The summed E-state index contributed by atoms with van der Waals surface area (Å²) in [4.78, 5) is 60.1. The number of imide groups is 2. The van der Waals surface area contributed by atoms with Gasteiger partial charge in [0, 0.05) is 13.1 Å². The van der Waals surface area contributed by atoms with E-state index in [1.807, 2.05) is 24.4 Å². The summed E-state index contributed by atoms with van der Waals surface area (Å²) < 4.78 is 4.77. The number of nitrogens with zero attached hydrogens (tertiary/aromatic N) is 1. The minimum Gasteiger partial charge on any atom is -0.456 e. The van der Waals surface area contributed by atoms with Crippen LogP contribution >= 0.6 is 0 Å². The lowest BCUT2D eigenvalue weighted by Crippen LogP contribution is -2.41. The summed E-state index contributed by atoms with van der Waals surface area (Å²) in [5.41, 5.74) is 0. The SMILES string of the molecule is CCCNC(=O)NC(=O)COC(=O)CCN1C(=O)[C@H]2CC=CC[C@@H]2C1=O. The number of fused-ring (bicyclic) bond motifs is 1. The molecule has 2 rings (SSSR count). The molecule has 142 valence electrons. The number of carbonyl (C=O) groups is 5. The molecule has 0 aromatic carbocycles. The first-order valence-electron chi connectivity index (χ1n) is 8.67. The van der Waals surface area contributed by atoms with Gasteiger partial charge < -0.3 is 10.1 Å². The van der Waals surface area contributed by atoms with Crippen molar-refractivity contribution in [3.8, 4) is 0 Å². The molecule has 1 saturated heterocycles. The molecule has 1 fully saturated rings. The van der Waals surface area contributed by atoms with Crippen molar-refractivity contribution >= 4 is 29.7 Å². The van der Waals surface area contributed by atoms with Crippen LogP contribution in [0.25, 0.3) is 0 Å². The Bertz CT molecular complexity index is 604. The number of urea groups is 1. The van der Waals surface area contributed by atoms with Gasteiger partial charge in [0.25, 0.3) is 5.91 Å². The molecule has 26 heavy (non-hydrogen) atoms. The predicted molar refractivity (Wildman–Crippen MR) is 89.5 cm³/mol. The zero-order valence-electron chi connectivity index (χ0n) is 14.7. The van der Waals surface area contributed by atoms with Gasteiger partial charge in [-0.15, -0.1) is 0 Å². The van der Waals surface area contributed by atoms with Crippen LogP contribution in [0.15, 0.2) is 12.2 Å². The summed E-state index contributed by atoms with van der Waals surface area (Å²) in [5, 5.41) is 4.47. The zero-order chi connectivity index (χ0) is 19.1. The smallest absolute Gasteiger partial charge is 0.321 e. The van der Waals surface area contributed by atoms with E-state index in [1.165, 1.54) is 0 Å². The van der Waals surface area contributed by atoms with E-state index in [0.29, 0.717) is 19.4 Å². The number of allylic oxidation sites excluding steroid dienone is 2. The molecule has 9 heteroatoms. The van der Waals surface area contributed by atoms with Gasteiger partial charge in [0.05, 0.1) is 18.3 Å². The summed E-state index contributed by atoms with van der Waals surface area (Å²) in [6.07, 6.45) is 5.38. The Morgan fingerprint density at radius 1 is 1.15 bits per heavy atom. The molecule has 1 aliphatic carbocycles. The summed E-state index contributed by atoms with van der Waals surface area (Å²) in [7, 11) is 0. The number of hydrogen-bond donors (Lipinski definition) is 2. The Labute approximate surface area is 151 Å². The molecule has 0 aromatic heterocycles. The summed E-state index contributed by atoms with van der Waals surface area (Å²) >= 11 is 0. The quantitative estimate of drug-likeness (QED) is 0.375. The van der Waals surface area contributed by atoms with E-state index in [4.69, 9.17) is 4.74 Å². The van der Waals surface area contributed by atoms with Crippen molar-refractivity contribution in [3.63, 3.8) is 0 Å². The van der Waals surface area contributed by atoms with Crippen LogP contribution in [0, 0.1) is 11.8 Å². The van der Waals surface area contributed by atoms with Crippen LogP contribution in [-0.2, 0) is 23.9 Å². The highest BCUT2D eigenvalue weighted by Gasteiger charge is 2.46. The summed E-state index contributed by atoms with van der Waals surface area (Å²) in [6.45, 7) is 1.62. The molecule has 9 nitrogen and oxygen atoms in total. The molecule has 2 N–H and O–H groups in total. The van der Waals surface area contributed by atoms with Crippen molar-refractivity contribution in [1.29, 1.82) is 0 Å². The molecule has 0 unspecified atom stereocenters. The fraction of sp³-hybridized carbons (Fsp3) is 0.588. The highest BCUT2D eigenvalue weighted by molar-refractivity contribution is 6.05. The number of hydrogen-bond acceptors (Lipinski definition) is 6. The fourth-order valence-corrected chi connectivity index (χ4v) is 2.96. The molecule has 5 amide bonds. The Balaban J connectivity index is 1.70. The van der Waals surface area contributed by atoms with Crippen LogP contribution in [0.1, 0.15) is 32.6 Å². The second-order valence-corrected chi connectivity index (χ2v) is 6.20. The molecule has 0 spiro atoms. The topological polar surface area (TPSA) is 122 Å². The molecule has 0 radical (unpaired) electrons. The number of ether oxygens (including phenoxy) is 1. The lowest BCUT2D eigenvalue weighted by atomic mass is 9.85. The molecule has 0 aromatic rings. The molecule has 2 atom stereocenters. The summed E-state index contributed by atoms with van der Waals surface area (Å²) in [5.74, 6) is -2.67. The third-order valence-corrected chi connectivity index (χ3v) is 4.29. The average molecular weight is 365 g/mol. The second-order valence-electron chi connectivity index (χ2n) is 6.20. The lowest BCUT2D eigenvalue weighted by molar-refractivity contribution is -0.149. The minimum atomic E-state index is -0.752. The highest BCUT2D eigenvalue weighted by atomic mass is 16.5. The Morgan fingerprint density at radius 3 is 2.35 bits per heavy atom. The largest absolute Gasteiger partial charge is 0.456 e. The van der Waals surface area contributed by atoms with E-state index in [-0.39, 0.29) is 36.6 Å². The van der Waals surface area contributed by atoms with Gasteiger partial charge in [-0.05, 0) is 19.3 Å². The molecule has 2 aliphatic rings. The standard InChI is InChI=1S/C17H23N3O6/c1-2-8-18-17(25)19-13(21)10-26-14(22)7-9-20-15(23)11-5-3-4-6-12(11)16(20)24/h3-4,11-12H,2,5-10H2,1H3,(H2,18,19,21,25)/t11-,12-/m0/s1. The zero-order valence-corrected chi connectivity index (χ0v) is 14.7.